The van der Waals surface area contributed by atoms with Crippen molar-refractivity contribution in [2.75, 3.05) is 26.2 Å². The molecule has 13 heteroatoms. The third-order valence-corrected chi connectivity index (χ3v) is 10.2. The minimum atomic E-state index is -0.950. The first-order valence-corrected chi connectivity index (χ1v) is 17.2. The molecule has 0 unspecified atom stereocenters. The van der Waals surface area contributed by atoms with E-state index in [0.717, 1.165) is 26.2 Å². The van der Waals surface area contributed by atoms with Crippen molar-refractivity contribution in [2.24, 2.45) is 17.8 Å². The molecule has 2 heterocycles. The van der Waals surface area contributed by atoms with Gasteiger partial charge in [0, 0.05) is 56.7 Å². The quantitative estimate of drug-likeness (QED) is 0.245. The van der Waals surface area contributed by atoms with Gasteiger partial charge in [-0.2, -0.15) is 0 Å². The van der Waals surface area contributed by atoms with E-state index >= 15 is 0 Å². The normalized spacial score (nSPS) is 23.5. The van der Waals surface area contributed by atoms with Crippen molar-refractivity contribution < 1.29 is 47.7 Å². The molecule has 0 bridgehead atoms. The van der Waals surface area contributed by atoms with Crippen LogP contribution in [0.4, 0.5) is 0 Å². The number of ether oxygens (including phenoxy) is 4. The van der Waals surface area contributed by atoms with Crippen LogP contribution in [0.3, 0.4) is 0 Å². The van der Waals surface area contributed by atoms with Crippen LogP contribution >= 0.6 is 11.6 Å². The van der Waals surface area contributed by atoms with Gasteiger partial charge in [0.25, 0.3) is 5.91 Å². The third-order valence-electron chi connectivity index (χ3n) is 9.83. The van der Waals surface area contributed by atoms with E-state index < -0.39 is 41.7 Å². The number of amides is 1. The number of benzene rings is 2. The maximum atomic E-state index is 13.9. The highest BCUT2D eigenvalue weighted by molar-refractivity contribution is 6.42. The number of piperazine rings is 1. The van der Waals surface area contributed by atoms with Crippen LogP contribution in [0.1, 0.15) is 96.1 Å². The number of rotatable bonds is 7. The summed E-state index contributed by atoms with van der Waals surface area (Å²) in [5.41, 5.74) is 0.0317. The Kier molecular flexibility index (Phi) is 9.87. The largest absolute Gasteiger partial charge is 0.426 e. The van der Waals surface area contributed by atoms with Gasteiger partial charge in [-0.1, -0.05) is 50.9 Å². The molecule has 1 amide bonds. The Morgan fingerprint density at radius 2 is 1.54 bits per heavy atom. The molecule has 6 rings (SSSR count). The van der Waals surface area contributed by atoms with Crippen molar-refractivity contribution in [1.82, 2.24) is 9.80 Å². The van der Waals surface area contributed by atoms with E-state index in [0.29, 0.717) is 36.5 Å². The average molecular weight is 707 g/mol. The number of nitrogens with zero attached hydrogens (tertiary/aromatic N) is 2. The number of carbonyl (C=O) groups is 6. The first-order valence-electron chi connectivity index (χ1n) is 16.8. The zero-order valence-electron chi connectivity index (χ0n) is 28.6. The third kappa shape index (κ3) is 6.66. The van der Waals surface area contributed by atoms with Gasteiger partial charge in [-0.05, 0) is 48.8 Å². The summed E-state index contributed by atoms with van der Waals surface area (Å²) in [7, 11) is 0. The molecule has 0 N–H and O–H groups in total. The standard InChI is InChI=1S/C37H39ClN2O10/c1-18(2)23-10-9-19(3)15-27(23)49-37-32(31(38)36(46)50-37)39-11-13-40(14-12-39)35(45)22-16-25-30(28(17-22)48-21(5)42)34(44)29-24(33(25)43)7-6-8-26(29)47-20(4)41/h6-8,16-19,23,27,37H,9-15H2,1-5H3/t19-,23+,27-,37+/m1/s1. The molecule has 1 saturated heterocycles. The molecular weight excluding hydrogens is 668 g/mol. The smallest absolute Gasteiger partial charge is 0.354 e. The Morgan fingerprint density at radius 3 is 2.20 bits per heavy atom. The second-order valence-corrected chi connectivity index (χ2v) is 14.0. The Morgan fingerprint density at radius 1 is 0.880 bits per heavy atom. The molecule has 4 aliphatic rings. The second-order valence-electron chi connectivity index (χ2n) is 13.6. The van der Waals surface area contributed by atoms with Gasteiger partial charge < -0.3 is 28.7 Å². The van der Waals surface area contributed by atoms with E-state index in [2.05, 4.69) is 20.8 Å². The SMILES string of the molecule is CC(=O)Oc1cccc2c1C(=O)c1c(OC(C)=O)cc(C(=O)N3CCN(C4=C(Cl)C(=O)O[C@@H]4O[C@@H]4C[C@H](C)CC[C@H]4C(C)C)CC3)cc1C2=O. The van der Waals surface area contributed by atoms with Crippen LogP contribution in [-0.4, -0.2) is 83.8 Å². The topological polar surface area (TPSA) is 146 Å². The van der Waals surface area contributed by atoms with Crippen LogP contribution in [0, 0.1) is 17.8 Å². The zero-order chi connectivity index (χ0) is 36.0. The number of hydrogen-bond acceptors (Lipinski definition) is 11. The molecule has 12 nitrogen and oxygen atoms in total. The minimum Gasteiger partial charge on any atom is -0.426 e. The lowest BCUT2D eigenvalue weighted by Gasteiger charge is -2.41. The summed E-state index contributed by atoms with van der Waals surface area (Å²) in [5.74, 6) is -2.99. The monoisotopic (exact) mass is 706 g/mol. The van der Waals surface area contributed by atoms with Gasteiger partial charge in [0.05, 0.1) is 17.2 Å². The molecule has 0 spiro atoms. The van der Waals surface area contributed by atoms with E-state index in [9.17, 15) is 28.8 Å². The summed E-state index contributed by atoms with van der Waals surface area (Å²) in [5, 5.41) is -0.0410. The molecule has 1 saturated carbocycles. The van der Waals surface area contributed by atoms with Crippen molar-refractivity contribution in [1.29, 1.82) is 0 Å². The zero-order valence-corrected chi connectivity index (χ0v) is 29.3. The van der Waals surface area contributed by atoms with Crippen LogP contribution in [0.2, 0.25) is 0 Å². The summed E-state index contributed by atoms with van der Waals surface area (Å²) >= 11 is 6.50. The van der Waals surface area contributed by atoms with Gasteiger partial charge in [-0.15, -0.1) is 0 Å². The fourth-order valence-corrected chi connectivity index (χ4v) is 7.66. The summed E-state index contributed by atoms with van der Waals surface area (Å²) in [6.07, 6.45) is 1.96. The van der Waals surface area contributed by atoms with Gasteiger partial charge >= 0.3 is 17.9 Å². The van der Waals surface area contributed by atoms with E-state index in [4.69, 9.17) is 30.5 Å². The van der Waals surface area contributed by atoms with Crippen LogP contribution < -0.4 is 9.47 Å². The first-order chi connectivity index (χ1) is 23.7. The number of ketones is 2. The van der Waals surface area contributed by atoms with Crippen LogP contribution in [0.25, 0.3) is 0 Å². The Bertz CT molecular complexity index is 1830. The van der Waals surface area contributed by atoms with Gasteiger partial charge in [0.15, 0.2) is 10.8 Å². The second kappa shape index (κ2) is 14.0. The van der Waals surface area contributed by atoms with Crippen molar-refractivity contribution >= 4 is 47.0 Å². The van der Waals surface area contributed by atoms with E-state index in [1.165, 1.54) is 37.3 Å². The van der Waals surface area contributed by atoms with Gasteiger partial charge in [-0.25, -0.2) is 4.79 Å². The molecule has 2 aromatic carbocycles. The molecule has 2 fully saturated rings. The maximum absolute atomic E-state index is 13.9. The number of carbonyl (C=O) groups excluding carboxylic acids is 6. The molecule has 2 aliphatic carbocycles. The molecule has 2 aromatic rings. The minimum absolute atomic E-state index is 0.00843. The Balaban J connectivity index is 1.23. The number of halogens is 1. The number of esters is 3. The fourth-order valence-electron chi connectivity index (χ4n) is 7.41. The number of fused-ring (bicyclic) bond motifs is 2. The van der Waals surface area contributed by atoms with Crippen molar-refractivity contribution in [3.05, 3.63) is 68.9 Å². The van der Waals surface area contributed by atoms with Gasteiger partial charge in [-0.3, -0.25) is 24.0 Å². The fraction of sp³-hybridized carbons (Fsp3) is 0.459. The van der Waals surface area contributed by atoms with Gasteiger partial charge in [0.2, 0.25) is 12.1 Å². The highest BCUT2D eigenvalue weighted by Gasteiger charge is 2.43. The van der Waals surface area contributed by atoms with Crippen LogP contribution in [0.5, 0.6) is 11.5 Å². The predicted molar refractivity (Wildman–Crippen MR) is 179 cm³/mol. The molecule has 0 aromatic heterocycles. The summed E-state index contributed by atoms with van der Waals surface area (Å²) in [6.45, 7) is 9.92. The molecule has 2 aliphatic heterocycles. The molecular formula is C37H39ClN2O10. The summed E-state index contributed by atoms with van der Waals surface area (Å²) in [6, 6.07) is 6.89. The molecule has 4 atom stereocenters. The van der Waals surface area contributed by atoms with Gasteiger partial charge in [0.1, 0.15) is 17.2 Å². The molecule has 50 heavy (non-hydrogen) atoms. The van der Waals surface area contributed by atoms with Crippen LogP contribution in [-0.2, 0) is 23.9 Å². The summed E-state index contributed by atoms with van der Waals surface area (Å²) in [4.78, 5) is 81.4. The summed E-state index contributed by atoms with van der Waals surface area (Å²) < 4.78 is 22.7. The number of cyclic esters (lactones) is 1. The predicted octanol–water partition coefficient (Wildman–Crippen LogP) is 4.88. The maximum Gasteiger partial charge on any atom is 0.354 e. The average Bonchev–Trinajstić information content (AvgIpc) is 3.33. The first kappa shape index (κ1) is 35.3. The van der Waals surface area contributed by atoms with E-state index in [1.807, 2.05) is 4.90 Å². The Hall–Kier alpha value is -4.55. The van der Waals surface area contributed by atoms with E-state index in [-0.39, 0.29) is 63.5 Å². The molecule has 0 radical (unpaired) electrons. The van der Waals surface area contributed by atoms with Crippen molar-refractivity contribution in [3.63, 3.8) is 0 Å². The van der Waals surface area contributed by atoms with Crippen LogP contribution in [0.15, 0.2) is 41.1 Å². The highest BCUT2D eigenvalue weighted by atomic mass is 35.5. The van der Waals surface area contributed by atoms with Crippen molar-refractivity contribution in [2.45, 2.75) is 66.3 Å². The lowest BCUT2D eigenvalue weighted by atomic mass is 9.75. The van der Waals surface area contributed by atoms with Crippen molar-refractivity contribution in [3.8, 4) is 11.5 Å². The molecule has 264 valence electrons. The lowest BCUT2D eigenvalue weighted by molar-refractivity contribution is -0.185. The number of hydrogen-bond donors (Lipinski definition) is 0. The lowest BCUT2D eigenvalue weighted by Crippen LogP contribution is -2.50. The Labute approximate surface area is 294 Å². The van der Waals surface area contributed by atoms with E-state index in [1.54, 1.807) is 4.90 Å². The highest BCUT2D eigenvalue weighted by Crippen LogP contribution is 2.41.